The first-order valence-corrected chi connectivity index (χ1v) is 10.9. The zero-order valence-corrected chi connectivity index (χ0v) is 18.9. The first-order chi connectivity index (χ1) is 16.5. The molecule has 13 heteroatoms. The van der Waals surface area contributed by atoms with Crippen LogP contribution in [0.5, 0.6) is 5.75 Å². The number of methoxy groups -OCH3 is 1. The lowest BCUT2D eigenvalue weighted by atomic mass is 10.2. The van der Waals surface area contributed by atoms with Crippen LogP contribution in [0.4, 0.5) is 5.69 Å². The lowest BCUT2D eigenvalue weighted by molar-refractivity contribution is -0.384. The summed E-state index contributed by atoms with van der Waals surface area (Å²) in [5, 5.41) is 27.2. The number of para-hydroxylation sites is 2. The number of aromatic nitrogens is 5. The summed E-state index contributed by atoms with van der Waals surface area (Å²) in [5.74, 6) is 1.03. The monoisotopic (exact) mass is 482 g/mol. The normalized spacial score (nSPS) is 10.8. The second kappa shape index (κ2) is 10.1. The molecule has 0 spiro atoms. The van der Waals surface area contributed by atoms with Crippen molar-refractivity contribution in [1.82, 2.24) is 25.0 Å². The van der Waals surface area contributed by atoms with E-state index in [2.05, 4.69) is 20.4 Å². The number of non-ortho nitro benzene ring substituents is 1. The smallest absolute Gasteiger partial charge is 0.316 e. The third-order valence-corrected chi connectivity index (χ3v) is 5.49. The highest BCUT2D eigenvalue weighted by Crippen LogP contribution is 2.28. The molecule has 0 aliphatic rings. The van der Waals surface area contributed by atoms with Crippen LogP contribution in [0.1, 0.15) is 11.7 Å². The average molecular weight is 482 g/mol. The summed E-state index contributed by atoms with van der Waals surface area (Å²) < 4.78 is 17.9. The molecular formula is C21H18N6O6S. The third kappa shape index (κ3) is 5.04. The number of nitro groups is 1. The summed E-state index contributed by atoms with van der Waals surface area (Å²) in [6.45, 7) is 1.59. The van der Waals surface area contributed by atoms with E-state index < -0.39 is 10.9 Å². The summed E-state index contributed by atoms with van der Waals surface area (Å²) in [5.41, 5.74) is 1.22. The van der Waals surface area contributed by atoms with Gasteiger partial charge in [0.05, 0.1) is 23.5 Å². The zero-order chi connectivity index (χ0) is 24.1. The molecule has 0 aliphatic heterocycles. The molecule has 2 aromatic carbocycles. The second-order valence-corrected chi connectivity index (χ2v) is 7.73. The quantitative estimate of drug-likeness (QED) is 0.150. The van der Waals surface area contributed by atoms with Gasteiger partial charge in [0.2, 0.25) is 5.89 Å². The predicted octanol–water partition coefficient (Wildman–Crippen LogP) is 3.38. The number of carbonyl (C=O) groups is 1. The van der Waals surface area contributed by atoms with Gasteiger partial charge in [-0.15, -0.1) is 20.4 Å². The highest BCUT2D eigenvalue weighted by Gasteiger charge is 2.17. The number of benzene rings is 2. The molecule has 0 unspecified atom stereocenters. The average Bonchev–Trinajstić information content (AvgIpc) is 3.48. The minimum atomic E-state index is -0.507. The van der Waals surface area contributed by atoms with E-state index in [4.69, 9.17) is 13.9 Å². The van der Waals surface area contributed by atoms with Crippen molar-refractivity contribution in [2.24, 2.45) is 0 Å². The minimum absolute atomic E-state index is 0.0172. The SMILES string of the molecule is COc1ccccc1-n1c(C)nnc1SCC(=O)OCc1nnc(-c2ccc([N+](=O)[O-])cc2)o1. The van der Waals surface area contributed by atoms with E-state index >= 15 is 0 Å². The standard InChI is InChI=1S/C21H18N6O6S/c1-13-22-25-21(26(13)16-5-3-4-6-17(16)31-2)34-12-19(28)32-11-18-23-24-20(33-18)14-7-9-15(10-8-14)27(29)30/h3-10H,11-12H2,1-2H3. The van der Waals surface area contributed by atoms with Crippen molar-refractivity contribution in [3.63, 3.8) is 0 Å². The minimum Gasteiger partial charge on any atom is -0.495 e. The van der Waals surface area contributed by atoms with Crippen LogP contribution in [0.15, 0.2) is 58.1 Å². The van der Waals surface area contributed by atoms with Gasteiger partial charge in [0.25, 0.3) is 11.6 Å². The van der Waals surface area contributed by atoms with Crippen LogP contribution in [0.3, 0.4) is 0 Å². The fourth-order valence-electron chi connectivity index (χ4n) is 2.99. The molecule has 0 aliphatic carbocycles. The van der Waals surface area contributed by atoms with Gasteiger partial charge in [-0.05, 0) is 31.2 Å². The largest absolute Gasteiger partial charge is 0.495 e. The Hall–Kier alpha value is -4.26. The number of carbonyl (C=O) groups excluding carboxylic acids is 1. The van der Waals surface area contributed by atoms with E-state index in [0.717, 1.165) is 5.69 Å². The number of hydrogen-bond acceptors (Lipinski definition) is 11. The number of aryl methyl sites for hydroxylation is 1. The van der Waals surface area contributed by atoms with Crippen LogP contribution < -0.4 is 4.74 Å². The molecule has 0 N–H and O–H groups in total. The van der Waals surface area contributed by atoms with E-state index in [1.165, 1.54) is 36.0 Å². The number of ether oxygens (including phenoxy) is 2. The molecular weight excluding hydrogens is 464 g/mol. The maximum Gasteiger partial charge on any atom is 0.316 e. The number of hydrogen-bond donors (Lipinski definition) is 0. The van der Waals surface area contributed by atoms with Crippen LogP contribution in [0, 0.1) is 17.0 Å². The Morgan fingerprint density at radius 2 is 1.88 bits per heavy atom. The van der Waals surface area contributed by atoms with Crippen molar-refractivity contribution in [1.29, 1.82) is 0 Å². The third-order valence-electron chi connectivity index (χ3n) is 4.59. The molecule has 0 radical (unpaired) electrons. The topological polar surface area (TPSA) is 148 Å². The van der Waals surface area contributed by atoms with Crippen molar-refractivity contribution in [3.8, 4) is 22.9 Å². The molecule has 34 heavy (non-hydrogen) atoms. The van der Waals surface area contributed by atoms with Gasteiger partial charge in [0.15, 0.2) is 11.8 Å². The first kappa shape index (κ1) is 22.9. The van der Waals surface area contributed by atoms with Crippen molar-refractivity contribution in [2.45, 2.75) is 18.7 Å². The molecule has 4 aromatic rings. The van der Waals surface area contributed by atoms with Gasteiger partial charge in [-0.3, -0.25) is 19.5 Å². The highest BCUT2D eigenvalue weighted by molar-refractivity contribution is 7.99. The van der Waals surface area contributed by atoms with Crippen LogP contribution in [-0.4, -0.2) is 48.7 Å². The second-order valence-electron chi connectivity index (χ2n) is 6.79. The van der Waals surface area contributed by atoms with E-state index in [1.54, 1.807) is 18.6 Å². The Bertz CT molecular complexity index is 1320. The summed E-state index contributed by atoms with van der Waals surface area (Å²) in [6, 6.07) is 13.1. The Morgan fingerprint density at radius 3 is 2.62 bits per heavy atom. The van der Waals surface area contributed by atoms with Gasteiger partial charge < -0.3 is 13.9 Å². The van der Waals surface area contributed by atoms with Crippen LogP contribution >= 0.6 is 11.8 Å². The molecule has 0 amide bonds. The molecule has 4 rings (SSSR count). The molecule has 0 atom stereocenters. The molecule has 174 valence electrons. The number of nitrogens with zero attached hydrogens (tertiary/aromatic N) is 6. The lowest BCUT2D eigenvalue weighted by Crippen LogP contribution is -2.09. The summed E-state index contributed by atoms with van der Waals surface area (Å²) >= 11 is 1.17. The predicted molar refractivity (Wildman–Crippen MR) is 120 cm³/mol. The van der Waals surface area contributed by atoms with Gasteiger partial charge in [-0.1, -0.05) is 23.9 Å². The maximum absolute atomic E-state index is 12.3. The molecule has 2 heterocycles. The van der Waals surface area contributed by atoms with E-state index in [1.807, 2.05) is 24.3 Å². The molecule has 0 fully saturated rings. The van der Waals surface area contributed by atoms with Crippen LogP contribution in [-0.2, 0) is 16.1 Å². The fraction of sp³-hybridized carbons (Fsp3) is 0.190. The Morgan fingerprint density at radius 1 is 1.12 bits per heavy atom. The van der Waals surface area contributed by atoms with Crippen LogP contribution in [0.2, 0.25) is 0 Å². The molecule has 0 saturated carbocycles. The lowest BCUT2D eigenvalue weighted by Gasteiger charge is -2.12. The summed E-state index contributed by atoms with van der Waals surface area (Å²) in [7, 11) is 1.58. The van der Waals surface area contributed by atoms with Gasteiger partial charge >= 0.3 is 5.97 Å². The van der Waals surface area contributed by atoms with Gasteiger partial charge in [-0.25, -0.2) is 0 Å². The number of rotatable bonds is 9. The Labute approximate surface area is 197 Å². The number of nitro benzene ring substituents is 1. The van der Waals surface area contributed by atoms with Crippen LogP contribution in [0.25, 0.3) is 17.1 Å². The Kier molecular flexibility index (Phi) is 6.82. The van der Waals surface area contributed by atoms with Crippen molar-refractivity contribution in [3.05, 3.63) is 70.4 Å². The highest BCUT2D eigenvalue weighted by atomic mass is 32.2. The van der Waals surface area contributed by atoms with Gasteiger partial charge in [0.1, 0.15) is 11.6 Å². The van der Waals surface area contributed by atoms with Gasteiger partial charge in [0, 0.05) is 17.7 Å². The maximum atomic E-state index is 12.3. The number of thioether (sulfide) groups is 1. The van der Waals surface area contributed by atoms with Gasteiger partial charge in [-0.2, -0.15) is 0 Å². The molecule has 12 nitrogen and oxygen atoms in total. The molecule has 0 saturated heterocycles. The first-order valence-electron chi connectivity index (χ1n) is 9.87. The van der Waals surface area contributed by atoms with Crippen molar-refractivity contribution >= 4 is 23.4 Å². The fourth-order valence-corrected chi connectivity index (χ4v) is 3.78. The van der Waals surface area contributed by atoms with Crippen molar-refractivity contribution < 1.29 is 23.6 Å². The van der Waals surface area contributed by atoms with E-state index in [-0.39, 0.29) is 29.8 Å². The number of esters is 1. The summed E-state index contributed by atoms with van der Waals surface area (Å²) in [4.78, 5) is 22.5. The molecule has 0 bridgehead atoms. The van der Waals surface area contributed by atoms with Crippen molar-refractivity contribution in [2.75, 3.05) is 12.9 Å². The summed E-state index contributed by atoms with van der Waals surface area (Å²) in [6.07, 6.45) is 0. The Balaban J connectivity index is 1.35. The van der Waals surface area contributed by atoms with E-state index in [0.29, 0.717) is 22.3 Å². The van der Waals surface area contributed by atoms with E-state index in [9.17, 15) is 14.9 Å². The molecule has 2 aromatic heterocycles. The zero-order valence-electron chi connectivity index (χ0n) is 18.1.